The average molecular weight is 325 g/mol. The molecule has 0 unspecified atom stereocenters. The molecule has 0 aliphatic carbocycles. The lowest BCUT2D eigenvalue weighted by Crippen LogP contribution is -2.64. The van der Waals surface area contributed by atoms with Crippen LogP contribution in [0.1, 0.15) is 18.5 Å². The predicted octanol–water partition coefficient (Wildman–Crippen LogP) is 2.54. The van der Waals surface area contributed by atoms with Crippen LogP contribution in [0.15, 0.2) is 48.8 Å². The highest BCUT2D eigenvalue weighted by molar-refractivity contribution is 5.10. The van der Waals surface area contributed by atoms with Gasteiger partial charge in [0, 0.05) is 44.7 Å². The van der Waals surface area contributed by atoms with E-state index in [2.05, 4.69) is 20.9 Å². The molecule has 1 atom stereocenters. The zero-order valence-electron chi connectivity index (χ0n) is 13.8. The average Bonchev–Trinajstić information content (AvgIpc) is 3.00. The van der Waals surface area contributed by atoms with Crippen LogP contribution < -0.4 is 4.74 Å². The fourth-order valence-electron chi connectivity index (χ4n) is 3.82. The Morgan fingerprint density at radius 1 is 1.12 bits per heavy atom. The Hall–Kier alpha value is -1.98. The molecule has 1 spiro atoms. The lowest BCUT2D eigenvalue weighted by molar-refractivity contribution is -0.138. The van der Waals surface area contributed by atoms with Gasteiger partial charge < -0.3 is 9.47 Å². The summed E-state index contributed by atoms with van der Waals surface area (Å²) in [5.41, 5.74) is 1.16. The van der Waals surface area contributed by atoms with Crippen molar-refractivity contribution in [1.82, 2.24) is 14.9 Å². The minimum atomic E-state index is 0.0300. The Balaban J connectivity index is 1.27. The van der Waals surface area contributed by atoms with Crippen LogP contribution in [0.5, 0.6) is 5.88 Å². The maximum Gasteiger partial charge on any atom is 0.213 e. The van der Waals surface area contributed by atoms with E-state index in [0.717, 1.165) is 44.8 Å². The molecule has 5 heteroatoms. The van der Waals surface area contributed by atoms with Gasteiger partial charge in [-0.2, -0.15) is 0 Å². The van der Waals surface area contributed by atoms with E-state index in [0.29, 0.717) is 18.4 Å². The van der Waals surface area contributed by atoms with Crippen LogP contribution in [-0.2, 0) is 11.3 Å². The predicted molar refractivity (Wildman–Crippen MR) is 90.7 cm³/mol. The van der Waals surface area contributed by atoms with E-state index >= 15 is 0 Å². The number of hydrogen-bond donors (Lipinski definition) is 0. The zero-order valence-corrected chi connectivity index (χ0v) is 13.8. The van der Waals surface area contributed by atoms with Crippen LogP contribution in [0, 0.1) is 5.92 Å². The maximum atomic E-state index is 6.13. The third-order valence-electron chi connectivity index (χ3n) is 5.05. The number of nitrogens with zero attached hydrogens (tertiary/aromatic N) is 3. The van der Waals surface area contributed by atoms with Crippen molar-refractivity contribution in [2.24, 2.45) is 5.92 Å². The van der Waals surface area contributed by atoms with Crippen LogP contribution in [0.3, 0.4) is 0 Å². The largest absolute Gasteiger partial charge is 0.478 e. The summed E-state index contributed by atoms with van der Waals surface area (Å²) in [6.45, 7) is 4.47. The van der Waals surface area contributed by atoms with Crippen molar-refractivity contribution in [1.29, 1.82) is 0 Å². The third kappa shape index (κ3) is 3.28. The topological polar surface area (TPSA) is 47.5 Å². The van der Waals surface area contributed by atoms with Gasteiger partial charge in [-0.3, -0.25) is 9.88 Å². The van der Waals surface area contributed by atoms with Crippen molar-refractivity contribution in [2.45, 2.75) is 25.0 Å². The van der Waals surface area contributed by atoms with E-state index < -0.39 is 0 Å². The highest BCUT2D eigenvalue weighted by Gasteiger charge is 2.52. The molecule has 24 heavy (non-hydrogen) atoms. The number of likely N-dealkylation sites (tertiary alicyclic amines) is 1. The molecule has 5 nitrogen and oxygen atoms in total. The quantitative estimate of drug-likeness (QED) is 0.817. The molecule has 2 saturated heterocycles. The number of ether oxygens (including phenoxy) is 2. The Labute approximate surface area is 142 Å². The molecule has 0 amide bonds. The first-order chi connectivity index (χ1) is 11.8. The third-order valence-corrected chi connectivity index (χ3v) is 5.05. The molecule has 0 N–H and O–H groups in total. The molecule has 2 aliphatic heterocycles. The number of pyridine rings is 2. The fourth-order valence-corrected chi connectivity index (χ4v) is 3.82. The van der Waals surface area contributed by atoms with E-state index in [1.54, 1.807) is 6.20 Å². The molecule has 4 rings (SSSR count). The summed E-state index contributed by atoms with van der Waals surface area (Å²) in [7, 11) is 0. The van der Waals surface area contributed by atoms with E-state index in [9.17, 15) is 0 Å². The van der Waals surface area contributed by atoms with Crippen LogP contribution >= 0.6 is 0 Å². The maximum absolute atomic E-state index is 6.13. The number of aromatic nitrogens is 2. The van der Waals surface area contributed by atoms with Gasteiger partial charge in [0.15, 0.2) is 0 Å². The molecule has 4 heterocycles. The highest BCUT2D eigenvalue weighted by atomic mass is 16.5. The number of rotatable bonds is 6. The molecule has 0 aromatic carbocycles. The smallest absolute Gasteiger partial charge is 0.213 e. The van der Waals surface area contributed by atoms with Gasteiger partial charge in [-0.25, -0.2) is 4.98 Å². The van der Waals surface area contributed by atoms with Gasteiger partial charge >= 0.3 is 0 Å². The summed E-state index contributed by atoms with van der Waals surface area (Å²) in [5, 5.41) is 0. The zero-order chi connectivity index (χ0) is 16.2. The second-order valence-corrected chi connectivity index (χ2v) is 6.67. The van der Waals surface area contributed by atoms with Crippen molar-refractivity contribution in [3.05, 3.63) is 54.5 Å². The fraction of sp³-hybridized carbons (Fsp3) is 0.474. The molecule has 2 aromatic rings. The second kappa shape index (κ2) is 6.87. The highest BCUT2D eigenvalue weighted by Crippen LogP contribution is 2.42. The molecular formula is C19H23N3O2. The van der Waals surface area contributed by atoms with Crippen molar-refractivity contribution in [3.63, 3.8) is 0 Å². The summed E-state index contributed by atoms with van der Waals surface area (Å²) in [5.74, 6) is 1.28. The van der Waals surface area contributed by atoms with E-state index in [1.165, 1.54) is 0 Å². The molecule has 126 valence electrons. The van der Waals surface area contributed by atoms with Gasteiger partial charge in [0.2, 0.25) is 5.88 Å². The minimum absolute atomic E-state index is 0.0300. The van der Waals surface area contributed by atoms with Crippen molar-refractivity contribution in [3.8, 4) is 5.88 Å². The molecular weight excluding hydrogens is 302 g/mol. The summed E-state index contributed by atoms with van der Waals surface area (Å²) in [6, 6.07) is 11.8. The Morgan fingerprint density at radius 2 is 1.96 bits per heavy atom. The minimum Gasteiger partial charge on any atom is -0.478 e. The summed E-state index contributed by atoms with van der Waals surface area (Å²) in [6.07, 6.45) is 5.77. The SMILES string of the molecule is c1ccc(CN2CC3(C2)OCC[C@@H]3CCOc2ccccn2)nc1. The monoisotopic (exact) mass is 325 g/mol. The van der Waals surface area contributed by atoms with Crippen molar-refractivity contribution < 1.29 is 9.47 Å². The van der Waals surface area contributed by atoms with Gasteiger partial charge in [0.1, 0.15) is 0 Å². The first-order valence-corrected chi connectivity index (χ1v) is 8.64. The molecule has 2 aromatic heterocycles. The van der Waals surface area contributed by atoms with E-state index in [4.69, 9.17) is 9.47 Å². The normalized spacial score (nSPS) is 22.4. The van der Waals surface area contributed by atoms with Crippen molar-refractivity contribution in [2.75, 3.05) is 26.3 Å². The van der Waals surface area contributed by atoms with Crippen LogP contribution in [0.2, 0.25) is 0 Å². The second-order valence-electron chi connectivity index (χ2n) is 6.67. The van der Waals surface area contributed by atoms with Gasteiger partial charge in [0.05, 0.1) is 17.9 Å². The Kier molecular flexibility index (Phi) is 4.45. The van der Waals surface area contributed by atoms with Crippen molar-refractivity contribution >= 4 is 0 Å². The van der Waals surface area contributed by atoms with E-state index in [-0.39, 0.29) is 5.60 Å². The van der Waals surface area contributed by atoms with Gasteiger partial charge in [-0.15, -0.1) is 0 Å². The van der Waals surface area contributed by atoms with Crippen LogP contribution in [-0.4, -0.2) is 46.8 Å². The molecule has 0 bridgehead atoms. The van der Waals surface area contributed by atoms with Gasteiger partial charge in [-0.1, -0.05) is 12.1 Å². The van der Waals surface area contributed by atoms with Crippen LogP contribution in [0.4, 0.5) is 0 Å². The van der Waals surface area contributed by atoms with E-state index in [1.807, 2.05) is 36.5 Å². The molecule has 2 fully saturated rings. The van der Waals surface area contributed by atoms with Gasteiger partial charge in [0.25, 0.3) is 0 Å². The Morgan fingerprint density at radius 3 is 2.71 bits per heavy atom. The summed E-state index contributed by atoms with van der Waals surface area (Å²) >= 11 is 0. The first-order valence-electron chi connectivity index (χ1n) is 8.64. The Bertz CT molecular complexity index is 644. The lowest BCUT2D eigenvalue weighted by Gasteiger charge is -2.50. The van der Waals surface area contributed by atoms with Crippen LogP contribution in [0.25, 0.3) is 0 Å². The first kappa shape index (κ1) is 15.5. The lowest BCUT2D eigenvalue weighted by atomic mass is 9.79. The standard InChI is InChI=1S/C19H23N3O2/c1-3-9-20-17(5-1)13-22-14-19(15-22)16(8-12-24-19)7-11-23-18-6-2-4-10-21-18/h1-6,9-10,16H,7-8,11-15H2/t16-/m0/s1. The molecule has 2 aliphatic rings. The molecule has 0 radical (unpaired) electrons. The molecule has 0 saturated carbocycles. The number of hydrogen-bond acceptors (Lipinski definition) is 5. The summed E-state index contributed by atoms with van der Waals surface area (Å²) < 4.78 is 11.9. The summed E-state index contributed by atoms with van der Waals surface area (Å²) in [4.78, 5) is 11.0. The van der Waals surface area contributed by atoms with Gasteiger partial charge in [-0.05, 0) is 37.0 Å².